The number of nitrogens with one attached hydrogen (secondary N) is 1. The molecule has 5 rings (SSSR count). The molecule has 0 aliphatic carbocycles. The minimum absolute atomic E-state index is 0.201. The summed E-state index contributed by atoms with van der Waals surface area (Å²) in [6.07, 6.45) is 0. The van der Waals surface area contributed by atoms with Crippen LogP contribution in [0.1, 0.15) is 26.3 Å². The van der Waals surface area contributed by atoms with E-state index in [2.05, 4.69) is 20.0 Å². The molecule has 3 heterocycles. The summed E-state index contributed by atoms with van der Waals surface area (Å²) in [6.45, 7) is 6.10. The Morgan fingerprint density at radius 3 is 2.53 bits per heavy atom. The van der Waals surface area contributed by atoms with Gasteiger partial charge >= 0.3 is 0 Å². The van der Waals surface area contributed by atoms with Gasteiger partial charge in [-0.25, -0.2) is 4.39 Å². The van der Waals surface area contributed by atoms with Crippen LogP contribution in [0, 0.1) is 12.7 Å². The summed E-state index contributed by atoms with van der Waals surface area (Å²) in [4.78, 5) is 31.0. The normalized spacial score (nSPS) is 17.3. The van der Waals surface area contributed by atoms with Gasteiger partial charge in [-0.15, -0.1) is 0 Å². The molecule has 1 fully saturated rings. The first-order chi connectivity index (χ1) is 14.5. The molecule has 1 N–H and O–H groups in total. The van der Waals surface area contributed by atoms with Crippen LogP contribution in [-0.4, -0.2) is 71.1 Å². The Balaban J connectivity index is 1.20. The fourth-order valence-electron chi connectivity index (χ4n) is 4.25. The van der Waals surface area contributed by atoms with Gasteiger partial charge < -0.3 is 4.90 Å². The molecule has 2 aromatic carbocycles. The quantitative estimate of drug-likeness (QED) is 0.673. The van der Waals surface area contributed by atoms with Gasteiger partial charge in [-0.1, -0.05) is 11.6 Å². The standard InChI is InChI=1S/C22H22FN5O2/c1-14-2-4-16-18(12-14)22(30)28(21(16)29)11-8-26-6-9-27(10-7-26)20-17-5-3-15(23)13-19(17)24-25-20/h2-5,12-13H,6-11H2,1H3,(H,24,25). The van der Waals surface area contributed by atoms with Crippen molar-refractivity contribution in [1.82, 2.24) is 20.0 Å². The fourth-order valence-corrected chi connectivity index (χ4v) is 4.25. The Bertz CT molecular complexity index is 1150. The highest BCUT2D eigenvalue weighted by atomic mass is 19.1. The summed E-state index contributed by atoms with van der Waals surface area (Å²) in [5.74, 6) is 0.141. The molecule has 2 aliphatic heterocycles. The smallest absolute Gasteiger partial charge is 0.261 e. The maximum Gasteiger partial charge on any atom is 0.261 e. The molecule has 3 aromatic rings. The summed E-state index contributed by atoms with van der Waals surface area (Å²) < 4.78 is 13.4. The Morgan fingerprint density at radius 1 is 0.967 bits per heavy atom. The predicted molar refractivity (Wildman–Crippen MR) is 111 cm³/mol. The van der Waals surface area contributed by atoms with Gasteiger partial charge in [-0.3, -0.25) is 24.5 Å². The zero-order valence-corrected chi connectivity index (χ0v) is 16.7. The Labute approximate surface area is 173 Å². The number of hydrogen-bond donors (Lipinski definition) is 1. The van der Waals surface area contributed by atoms with Gasteiger partial charge in [0.15, 0.2) is 5.82 Å². The third-order valence-electron chi connectivity index (χ3n) is 5.94. The first-order valence-electron chi connectivity index (χ1n) is 10.1. The van der Waals surface area contributed by atoms with Crippen molar-refractivity contribution in [1.29, 1.82) is 0 Å². The second kappa shape index (κ2) is 7.21. The van der Waals surface area contributed by atoms with E-state index in [0.29, 0.717) is 29.7 Å². The Hall–Kier alpha value is -3.26. The van der Waals surface area contributed by atoms with E-state index in [1.807, 2.05) is 13.0 Å². The number of amides is 2. The van der Waals surface area contributed by atoms with Crippen LogP contribution in [-0.2, 0) is 0 Å². The number of H-pyrrole nitrogens is 1. The van der Waals surface area contributed by atoms with Crippen LogP contribution in [0.2, 0.25) is 0 Å². The van der Waals surface area contributed by atoms with Crippen LogP contribution >= 0.6 is 0 Å². The molecule has 2 aliphatic rings. The van der Waals surface area contributed by atoms with Gasteiger partial charge in [0, 0.05) is 44.7 Å². The molecule has 1 saturated heterocycles. The van der Waals surface area contributed by atoms with Crippen LogP contribution in [0.3, 0.4) is 0 Å². The zero-order valence-electron chi connectivity index (χ0n) is 16.7. The molecule has 0 spiro atoms. The van der Waals surface area contributed by atoms with Crippen LogP contribution in [0.4, 0.5) is 10.2 Å². The van der Waals surface area contributed by atoms with Crippen LogP contribution in [0.5, 0.6) is 0 Å². The highest BCUT2D eigenvalue weighted by molar-refractivity contribution is 6.21. The lowest BCUT2D eigenvalue weighted by Gasteiger charge is -2.35. The van der Waals surface area contributed by atoms with Crippen molar-refractivity contribution in [3.05, 3.63) is 58.9 Å². The number of halogens is 1. The minimum atomic E-state index is -0.286. The third-order valence-corrected chi connectivity index (χ3v) is 5.94. The second-order valence-corrected chi connectivity index (χ2v) is 7.88. The van der Waals surface area contributed by atoms with E-state index in [-0.39, 0.29) is 17.6 Å². The molecule has 7 nitrogen and oxygen atoms in total. The molecule has 0 unspecified atom stereocenters. The minimum Gasteiger partial charge on any atom is -0.352 e. The van der Waals surface area contributed by atoms with Gasteiger partial charge in [-0.2, -0.15) is 5.10 Å². The lowest BCUT2D eigenvalue weighted by atomic mass is 10.1. The largest absolute Gasteiger partial charge is 0.352 e. The van der Waals surface area contributed by atoms with Crippen molar-refractivity contribution in [3.63, 3.8) is 0 Å². The van der Waals surface area contributed by atoms with E-state index in [1.165, 1.54) is 17.0 Å². The van der Waals surface area contributed by atoms with E-state index in [1.54, 1.807) is 18.2 Å². The van der Waals surface area contributed by atoms with E-state index in [9.17, 15) is 14.0 Å². The molecule has 2 amide bonds. The zero-order chi connectivity index (χ0) is 20.8. The van der Waals surface area contributed by atoms with Gasteiger partial charge in [-0.05, 0) is 37.3 Å². The van der Waals surface area contributed by atoms with Crippen molar-refractivity contribution >= 4 is 28.5 Å². The van der Waals surface area contributed by atoms with Crippen molar-refractivity contribution < 1.29 is 14.0 Å². The molecule has 154 valence electrons. The monoisotopic (exact) mass is 407 g/mol. The summed E-state index contributed by atoms with van der Waals surface area (Å²) in [5.41, 5.74) is 2.67. The number of anilines is 1. The molecule has 0 saturated carbocycles. The van der Waals surface area contributed by atoms with Crippen molar-refractivity contribution in [2.24, 2.45) is 0 Å². The Morgan fingerprint density at radius 2 is 1.73 bits per heavy atom. The molecular weight excluding hydrogens is 385 g/mol. The number of hydrogen-bond acceptors (Lipinski definition) is 5. The third kappa shape index (κ3) is 3.13. The van der Waals surface area contributed by atoms with Crippen LogP contribution in [0.15, 0.2) is 36.4 Å². The molecule has 8 heteroatoms. The molecule has 0 atom stereocenters. The molecule has 30 heavy (non-hydrogen) atoms. The summed E-state index contributed by atoms with van der Waals surface area (Å²) in [7, 11) is 0. The second-order valence-electron chi connectivity index (χ2n) is 7.88. The molecule has 1 aromatic heterocycles. The maximum atomic E-state index is 13.4. The Kier molecular flexibility index (Phi) is 4.51. The number of aryl methyl sites for hydroxylation is 1. The number of fused-ring (bicyclic) bond motifs is 2. The maximum absolute atomic E-state index is 13.4. The number of nitrogens with zero attached hydrogens (tertiary/aromatic N) is 4. The van der Waals surface area contributed by atoms with Crippen LogP contribution < -0.4 is 4.90 Å². The van der Waals surface area contributed by atoms with Gasteiger partial charge in [0.1, 0.15) is 5.82 Å². The molecular formula is C22H22FN5O2. The van der Waals surface area contributed by atoms with E-state index >= 15 is 0 Å². The lowest BCUT2D eigenvalue weighted by Crippen LogP contribution is -2.49. The highest BCUT2D eigenvalue weighted by Gasteiger charge is 2.35. The number of rotatable bonds is 4. The SMILES string of the molecule is Cc1ccc2c(c1)C(=O)N(CCN1CCN(c3n[nH]c4cc(F)ccc34)CC1)C2=O. The average Bonchev–Trinajstić information content (AvgIpc) is 3.26. The molecule has 0 bridgehead atoms. The summed E-state index contributed by atoms with van der Waals surface area (Å²) in [5, 5.41) is 8.17. The lowest BCUT2D eigenvalue weighted by molar-refractivity contribution is 0.0635. The van der Waals surface area contributed by atoms with E-state index < -0.39 is 0 Å². The number of carbonyl (C=O) groups excluding carboxylic acids is 2. The predicted octanol–water partition coefficient (Wildman–Crippen LogP) is 2.43. The number of piperazine rings is 1. The van der Waals surface area contributed by atoms with Crippen molar-refractivity contribution in [2.75, 3.05) is 44.2 Å². The number of benzene rings is 2. The van der Waals surface area contributed by atoms with Crippen molar-refractivity contribution in [3.8, 4) is 0 Å². The summed E-state index contributed by atoms with van der Waals surface area (Å²) >= 11 is 0. The molecule has 0 radical (unpaired) electrons. The van der Waals surface area contributed by atoms with E-state index in [4.69, 9.17) is 0 Å². The van der Waals surface area contributed by atoms with Gasteiger partial charge in [0.2, 0.25) is 0 Å². The first-order valence-corrected chi connectivity index (χ1v) is 10.1. The first kappa shape index (κ1) is 18.7. The number of aromatic amines is 1. The number of aromatic nitrogens is 2. The number of carbonyl (C=O) groups is 2. The van der Waals surface area contributed by atoms with E-state index in [0.717, 1.165) is 42.9 Å². The van der Waals surface area contributed by atoms with Crippen molar-refractivity contribution in [2.45, 2.75) is 6.92 Å². The fraction of sp³-hybridized carbons (Fsp3) is 0.318. The summed E-state index contributed by atoms with van der Waals surface area (Å²) in [6, 6.07) is 10.0. The van der Waals surface area contributed by atoms with Gasteiger partial charge in [0.05, 0.1) is 16.6 Å². The topological polar surface area (TPSA) is 72.5 Å². The number of imide groups is 1. The average molecular weight is 407 g/mol. The van der Waals surface area contributed by atoms with Crippen LogP contribution in [0.25, 0.3) is 10.9 Å². The van der Waals surface area contributed by atoms with Gasteiger partial charge in [0.25, 0.3) is 11.8 Å². The highest BCUT2D eigenvalue weighted by Crippen LogP contribution is 2.26.